The molecule has 0 fully saturated rings. The van der Waals surface area contributed by atoms with Gasteiger partial charge in [0.25, 0.3) is 0 Å². The molecule has 2 atom stereocenters. The molecule has 0 saturated heterocycles. The quantitative estimate of drug-likeness (QED) is 0.692. The van der Waals surface area contributed by atoms with E-state index in [1.54, 1.807) is 14.2 Å². The highest BCUT2D eigenvalue weighted by molar-refractivity contribution is 6.00. The molecule has 0 radical (unpaired) electrons. The van der Waals surface area contributed by atoms with Gasteiger partial charge in [0.15, 0.2) is 17.3 Å². The van der Waals surface area contributed by atoms with Gasteiger partial charge < -0.3 is 14.8 Å². The third kappa shape index (κ3) is 3.17. The lowest BCUT2D eigenvalue weighted by molar-refractivity contribution is -0.116. The molecule has 2 aromatic carbocycles. The van der Waals surface area contributed by atoms with E-state index in [0.29, 0.717) is 30.3 Å². The molecule has 2 unspecified atom stereocenters. The molecule has 1 aromatic heterocycles. The molecule has 31 heavy (non-hydrogen) atoms. The van der Waals surface area contributed by atoms with Gasteiger partial charge in [0, 0.05) is 17.7 Å². The van der Waals surface area contributed by atoms with Crippen molar-refractivity contribution < 1.29 is 14.3 Å². The average molecular weight is 416 g/mol. The Bertz CT molecular complexity index is 1200. The number of carbonyl (C=O) groups is 1. The summed E-state index contributed by atoms with van der Waals surface area (Å²) in [6.45, 7) is 2.06. The number of hydrogen-bond acceptors (Lipinski definition) is 6. The summed E-state index contributed by atoms with van der Waals surface area (Å²) in [6, 6.07) is 13.7. The predicted octanol–water partition coefficient (Wildman–Crippen LogP) is 4.02. The first-order valence-electron chi connectivity index (χ1n) is 10.3. The van der Waals surface area contributed by atoms with Gasteiger partial charge in [0.05, 0.1) is 14.2 Å². The smallest absolute Gasteiger partial charge is 0.226 e. The van der Waals surface area contributed by atoms with Crippen LogP contribution in [0.1, 0.15) is 41.5 Å². The van der Waals surface area contributed by atoms with Crippen LogP contribution >= 0.6 is 0 Å². The van der Waals surface area contributed by atoms with Crippen LogP contribution in [0.3, 0.4) is 0 Å². The number of hydrogen-bond donors (Lipinski definition) is 1. The van der Waals surface area contributed by atoms with Crippen molar-refractivity contribution in [3.63, 3.8) is 0 Å². The summed E-state index contributed by atoms with van der Waals surface area (Å²) in [7, 11) is 3.24. The number of aromatic nitrogens is 3. The van der Waals surface area contributed by atoms with Gasteiger partial charge in [-0.15, -0.1) is 0 Å². The van der Waals surface area contributed by atoms with E-state index in [9.17, 15) is 4.79 Å². The van der Waals surface area contributed by atoms with Crippen molar-refractivity contribution in [1.29, 1.82) is 0 Å². The van der Waals surface area contributed by atoms with Gasteiger partial charge in [-0.2, -0.15) is 10.1 Å². The zero-order valence-corrected chi connectivity index (χ0v) is 17.8. The monoisotopic (exact) mass is 416 g/mol. The number of rotatable bonds is 4. The van der Waals surface area contributed by atoms with Crippen LogP contribution in [0, 0.1) is 6.92 Å². The normalized spacial score (nSPS) is 20.0. The summed E-state index contributed by atoms with van der Waals surface area (Å²) in [4.78, 5) is 17.9. The van der Waals surface area contributed by atoms with Crippen LogP contribution in [0.5, 0.6) is 11.5 Å². The molecule has 7 nitrogen and oxygen atoms in total. The van der Waals surface area contributed by atoms with E-state index in [1.807, 2.05) is 35.0 Å². The second kappa shape index (κ2) is 7.58. The molecule has 0 amide bonds. The number of ether oxygens (including phenoxy) is 2. The Morgan fingerprint density at radius 1 is 1.06 bits per heavy atom. The number of benzene rings is 2. The van der Waals surface area contributed by atoms with Crippen molar-refractivity contribution in [2.45, 2.75) is 31.7 Å². The first-order chi connectivity index (χ1) is 15.1. The first-order valence-corrected chi connectivity index (χ1v) is 10.3. The summed E-state index contributed by atoms with van der Waals surface area (Å²) in [5.41, 5.74) is 4.95. The molecule has 2 aliphatic rings. The molecular weight excluding hydrogens is 392 g/mol. The largest absolute Gasteiger partial charge is 0.493 e. The first kappa shape index (κ1) is 19.4. The Morgan fingerprint density at radius 3 is 2.65 bits per heavy atom. The molecule has 5 rings (SSSR count). The fourth-order valence-corrected chi connectivity index (χ4v) is 4.68. The minimum atomic E-state index is -0.270. The highest BCUT2D eigenvalue weighted by Gasteiger charge is 2.39. The Morgan fingerprint density at radius 2 is 1.87 bits per heavy atom. The Labute approximate surface area is 180 Å². The summed E-state index contributed by atoms with van der Waals surface area (Å²) >= 11 is 0. The van der Waals surface area contributed by atoms with Crippen LogP contribution in [0.25, 0.3) is 0 Å². The van der Waals surface area contributed by atoms with Gasteiger partial charge >= 0.3 is 0 Å². The molecule has 3 aromatic rings. The van der Waals surface area contributed by atoms with Gasteiger partial charge in [0.1, 0.15) is 12.4 Å². The van der Waals surface area contributed by atoms with Crippen molar-refractivity contribution >= 4 is 11.7 Å². The van der Waals surface area contributed by atoms with E-state index in [1.165, 1.54) is 6.33 Å². The zero-order chi connectivity index (χ0) is 21.5. The molecule has 0 spiro atoms. The van der Waals surface area contributed by atoms with Gasteiger partial charge in [-0.1, -0.05) is 30.3 Å². The van der Waals surface area contributed by atoms with Crippen molar-refractivity contribution in [3.05, 3.63) is 76.8 Å². The lowest BCUT2D eigenvalue weighted by Crippen LogP contribution is -2.33. The van der Waals surface area contributed by atoms with E-state index in [0.717, 1.165) is 28.0 Å². The summed E-state index contributed by atoms with van der Waals surface area (Å²) < 4.78 is 12.6. The number of Topliss-reactive ketones (excluding diaryl/α,β-unsaturated/α-hetero) is 1. The highest BCUT2D eigenvalue weighted by Crippen LogP contribution is 2.45. The van der Waals surface area contributed by atoms with E-state index in [-0.39, 0.29) is 17.7 Å². The van der Waals surface area contributed by atoms with E-state index >= 15 is 0 Å². The van der Waals surface area contributed by atoms with Crippen molar-refractivity contribution in [3.8, 4) is 11.5 Å². The van der Waals surface area contributed by atoms with E-state index in [4.69, 9.17) is 9.47 Å². The van der Waals surface area contributed by atoms with Gasteiger partial charge in [0.2, 0.25) is 5.95 Å². The maximum Gasteiger partial charge on any atom is 0.226 e. The lowest BCUT2D eigenvalue weighted by atomic mass is 9.77. The molecule has 1 aliphatic heterocycles. The molecule has 7 heteroatoms. The summed E-state index contributed by atoms with van der Waals surface area (Å²) in [5.74, 6) is 2.18. The molecular formula is C24H24N4O3. The maximum absolute atomic E-state index is 13.5. The van der Waals surface area contributed by atoms with Crippen LogP contribution in [-0.2, 0) is 4.79 Å². The molecule has 0 saturated carbocycles. The van der Waals surface area contributed by atoms with Crippen LogP contribution < -0.4 is 14.8 Å². The molecule has 2 heterocycles. The lowest BCUT2D eigenvalue weighted by Gasteiger charge is -2.35. The SMILES string of the molecule is COc1ccc(C2CC(=O)C3=C(C2)Nc2ncnn2C3c2ccccc2C)cc1OC. The number of fused-ring (bicyclic) bond motifs is 1. The minimum absolute atomic E-state index is 0.0468. The van der Waals surface area contributed by atoms with Crippen LogP contribution in [0.2, 0.25) is 0 Å². The summed E-state index contributed by atoms with van der Waals surface area (Å²) in [5, 5.41) is 7.80. The standard InChI is InChI=1S/C24H24N4O3/c1-14-6-4-5-7-17(14)23-22-18(27-24-25-13-26-28(23)24)10-16(11-19(22)29)15-8-9-20(30-2)21(12-15)31-3/h4-9,12-13,16,23H,10-11H2,1-3H3,(H,25,26,27). The number of anilines is 1. The van der Waals surface area contributed by atoms with E-state index < -0.39 is 0 Å². The van der Waals surface area contributed by atoms with E-state index in [2.05, 4.69) is 34.5 Å². The second-order valence-corrected chi connectivity index (χ2v) is 7.95. The number of ketones is 1. The molecule has 0 bridgehead atoms. The maximum atomic E-state index is 13.5. The Balaban J connectivity index is 1.57. The predicted molar refractivity (Wildman–Crippen MR) is 117 cm³/mol. The summed E-state index contributed by atoms with van der Waals surface area (Å²) in [6.07, 6.45) is 2.68. The van der Waals surface area contributed by atoms with Gasteiger partial charge in [-0.25, -0.2) is 4.68 Å². The third-order valence-electron chi connectivity index (χ3n) is 6.22. The number of allylic oxidation sites excluding steroid dienone is 2. The van der Waals surface area contributed by atoms with Crippen molar-refractivity contribution in [2.24, 2.45) is 0 Å². The van der Waals surface area contributed by atoms with Gasteiger partial charge in [-0.3, -0.25) is 4.79 Å². The second-order valence-electron chi connectivity index (χ2n) is 7.95. The van der Waals surface area contributed by atoms with Crippen LogP contribution in [-0.4, -0.2) is 34.8 Å². The molecule has 158 valence electrons. The van der Waals surface area contributed by atoms with Crippen LogP contribution in [0.4, 0.5) is 5.95 Å². The topological polar surface area (TPSA) is 78.3 Å². The third-order valence-corrected chi connectivity index (χ3v) is 6.22. The fraction of sp³-hybridized carbons (Fsp3) is 0.292. The highest BCUT2D eigenvalue weighted by atomic mass is 16.5. The Hall–Kier alpha value is -3.61. The van der Waals surface area contributed by atoms with Crippen LogP contribution in [0.15, 0.2) is 60.1 Å². The number of carbonyl (C=O) groups excluding carboxylic acids is 1. The molecule has 1 aliphatic carbocycles. The minimum Gasteiger partial charge on any atom is -0.493 e. The fourth-order valence-electron chi connectivity index (χ4n) is 4.68. The number of nitrogens with zero attached hydrogens (tertiary/aromatic N) is 3. The Kier molecular flexibility index (Phi) is 4.73. The van der Waals surface area contributed by atoms with Gasteiger partial charge in [-0.05, 0) is 48.1 Å². The number of aryl methyl sites for hydroxylation is 1. The average Bonchev–Trinajstić information content (AvgIpc) is 3.26. The van der Waals surface area contributed by atoms with Crippen molar-refractivity contribution in [2.75, 3.05) is 19.5 Å². The number of nitrogens with one attached hydrogen (secondary N) is 1. The zero-order valence-electron chi connectivity index (χ0n) is 17.8. The number of methoxy groups -OCH3 is 2. The molecule has 1 N–H and O–H groups in total. The van der Waals surface area contributed by atoms with Crippen molar-refractivity contribution in [1.82, 2.24) is 14.8 Å².